The Bertz CT molecular complexity index is 937. The second-order valence-corrected chi connectivity index (χ2v) is 10.2. The second-order valence-electron chi connectivity index (χ2n) is 6.39. The average molecular weight is 473 g/mol. The fraction of sp³-hybridized carbons (Fsp3) is 0.389. The number of carbonyl (C=O) groups is 1. The number of hydrogen-bond donors (Lipinski definition) is 0. The predicted octanol–water partition coefficient (Wildman–Crippen LogP) is 3.11. The molecule has 0 radical (unpaired) electrons. The van der Waals surface area contributed by atoms with Gasteiger partial charge in [0, 0.05) is 40.4 Å². The first-order chi connectivity index (χ1) is 12.8. The molecule has 0 unspecified atom stereocenters. The summed E-state index contributed by atoms with van der Waals surface area (Å²) in [6, 6.07) is 6.72. The van der Waals surface area contributed by atoms with E-state index in [9.17, 15) is 13.2 Å². The summed E-state index contributed by atoms with van der Waals surface area (Å²) in [6.07, 6.45) is 0. The summed E-state index contributed by atoms with van der Waals surface area (Å²) in [5.74, 6) is -0.198. The van der Waals surface area contributed by atoms with Gasteiger partial charge in [0.1, 0.15) is 0 Å². The molecule has 6 nitrogen and oxygen atoms in total. The van der Waals surface area contributed by atoms with Crippen molar-refractivity contribution in [1.82, 2.24) is 9.21 Å². The molecule has 1 amide bonds. The molecule has 0 bridgehead atoms. The van der Waals surface area contributed by atoms with E-state index in [0.29, 0.717) is 38.4 Å². The summed E-state index contributed by atoms with van der Waals surface area (Å²) in [7, 11) is -1.92. The van der Waals surface area contributed by atoms with Crippen LogP contribution in [0.3, 0.4) is 0 Å². The highest BCUT2D eigenvalue weighted by Crippen LogP contribution is 2.24. The molecular formula is C18H21BrN2O4S2. The molecule has 0 aliphatic carbocycles. The normalized spacial score (nSPS) is 15.7. The van der Waals surface area contributed by atoms with Crippen molar-refractivity contribution in [1.29, 1.82) is 0 Å². The van der Waals surface area contributed by atoms with Crippen molar-refractivity contribution in [2.75, 3.05) is 33.4 Å². The summed E-state index contributed by atoms with van der Waals surface area (Å²) in [5, 5.41) is 1.97. The van der Waals surface area contributed by atoms with E-state index in [0.717, 1.165) is 14.9 Å². The van der Waals surface area contributed by atoms with E-state index < -0.39 is 10.0 Å². The number of hydrogen-bond acceptors (Lipinski definition) is 5. The summed E-state index contributed by atoms with van der Waals surface area (Å²) < 4.78 is 33.4. The third kappa shape index (κ3) is 4.60. The third-order valence-electron chi connectivity index (χ3n) is 4.41. The van der Waals surface area contributed by atoms with Gasteiger partial charge in [0.25, 0.3) is 5.91 Å². The number of sulfonamides is 1. The Morgan fingerprint density at radius 1 is 1.30 bits per heavy atom. The monoisotopic (exact) mass is 472 g/mol. The zero-order chi connectivity index (χ0) is 19.6. The van der Waals surface area contributed by atoms with Crippen molar-refractivity contribution in [2.24, 2.45) is 0 Å². The number of carbonyl (C=O) groups excluding carboxylic acids is 1. The quantitative estimate of drug-likeness (QED) is 0.670. The summed E-state index contributed by atoms with van der Waals surface area (Å²) in [6.45, 7) is 3.70. The molecule has 1 aliphatic rings. The molecule has 0 atom stereocenters. The molecule has 1 aliphatic heterocycles. The number of nitrogens with zero attached hydrogens (tertiary/aromatic N) is 2. The minimum absolute atomic E-state index is 0.144. The predicted molar refractivity (Wildman–Crippen MR) is 109 cm³/mol. The molecule has 146 valence electrons. The molecule has 2 heterocycles. The van der Waals surface area contributed by atoms with Crippen LogP contribution in [0, 0.1) is 6.92 Å². The number of thiophene rings is 1. The van der Waals surface area contributed by atoms with Crippen LogP contribution in [0.2, 0.25) is 0 Å². The summed E-state index contributed by atoms with van der Waals surface area (Å²) in [5.41, 5.74) is 1.16. The van der Waals surface area contributed by atoms with E-state index in [1.54, 1.807) is 35.4 Å². The Morgan fingerprint density at radius 3 is 2.63 bits per heavy atom. The minimum Gasteiger partial charge on any atom is -0.379 e. The number of ether oxygens (including phenoxy) is 1. The van der Waals surface area contributed by atoms with Gasteiger partial charge in [-0.15, -0.1) is 11.3 Å². The minimum atomic E-state index is -3.64. The topological polar surface area (TPSA) is 66.9 Å². The van der Waals surface area contributed by atoms with Gasteiger partial charge in [-0.1, -0.05) is 6.07 Å². The van der Waals surface area contributed by atoms with E-state index >= 15 is 0 Å². The first kappa shape index (κ1) is 20.5. The van der Waals surface area contributed by atoms with E-state index in [1.807, 2.05) is 18.4 Å². The molecule has 3 rings (SSSR count). The van der Waals surface area contributed by atoms with Crippen LogP contribution in [0.4, 0.5) is 0 Å². The number of morpholine rings is 1. The van der Waals surface area contributed by atoms with Crippen molar-refractivity contribution in [3.63, 3.8) is 0 Å². The van der Waals surface area contributed by atoms with Crippen molar-refractivity contribution in [3.05, 3.63) is 50.1 Å². The van der Waals surface area contributed by atoms with Gasteiger partial charge in [-0.2, -0.15) is 4.31 Å². The van der Waals surface area contributed by atoms with E-state index in [-0.39, 0.29) is 10.8 Å². The Hall–Kier alpha value is -1.26. The van der Waals surface area contributed by atoms with Gasteiger partial charge in [0.15, 0.2) is 0 Å². The van der Waals surface area contributed by atoms with Crippen LogP contribution >= 0.6 is 27.3 Å². The molecule has 9 heteroatoms. The molecular weight excluding hydrogens is 452 g/mol. The standard InChI is InChI=1S/C18H21BrN2O4S2/c1-13-3-4-16(27(23,24)21-5-7-25-8-6-21)10-17(13)18(22)20(2)11-15-9-14(19)12-26-15/h3-4,9-10,12H,5-8,11H2,1-2H3. The van der Waals surface area contributed by atoms with Crippen LogP contribution in [0.5, 0.6) is 0 Å². The van der Waals surface area contributed by atoms with Crippen molar-refractivity contribution >= 4 is 43.2 Å². The number of halogens is 1. The highest BCUT2D eigenvalue weighted by Gasteiger charge is 2.27. The number of rotatable bonds is 5. The highest BCUT2D eigenvalue weighted by molar-refractivity contribution is 9.10. The number of amides is 1. The largest absolute Gasteiger partial charge is 0.379 e. The highest BCUT2D eigenvalue weighted by atomic mass is 79.9. The van der Waals surface area contributed by atoms with E-state index in [1.165, 1.54) is 10.4 Å². The average Bonchev–Trinajstić information content (AvgIpc) is 3.06. The van der Waals surface area contributed by atoms with Crippen LogP contribution in [0.1, 0.15) is 20.8 Å². The zero-order valence-corrected chi connectivity index (χ0v) is 18.4. The maximum atomic E-state index is 12.9. The molecule has 27 heavy (non-hydrogen) atoms. The van der Waals surface area contributed by atoms with E-state index in [2.05, 4.69) is 15.9 Å². The molecule has 1 aromatic heterocycles. The van der Waals surface area contributed by atoms with Gasteiger partial charge < -0.3 is 9.64 Å². The second kappa shape index (κ2) is 8.40. The lowest BCUT2D eigenvalue weighted by Crippen LogP contribution is -2.40. The first-order valence-electron chi connectivity index (χ1n) is 8.46. The third-order valence-corrected chi connectivity index (χ3v) is 7.99. The lowest BCUT2D eigenvalue weighted by atomic mass is 10.1. The van der Waals surface area contributed by atoms with Crippen LogP contribution in [0.15, 0.2) is 39.0 Å². The lowest BCUT2D eigenvalue weighted by Gasteiger charge is -2.26. The van der Waals surface area contributed by atoms with Crippen LogP contribution in [-0.2, 0) is 21.3 Å². The van der Waals surface area contributed by atoms with Crippen molar-refractivity contribution < 1.29 is 17.9 Å². The Labute approximate surface area is 171 Å². The van der Waals surface area contributed by atoms with Gasteiger partial charge in [0.2, 0.25) is 10.0 Å². The molecule has 0 saturated carbocycles. The molecule has 0 N–H and O–H groups in total. The van der Waals surface area contributed by atoms with Crippen molar-refractivity contribution in [3.8, 4) is 0 Å². The van der Waals surface area contributed by atoms with Gasteiger partial charge >= 0.3 is 0 Å². The van der Waals surface area contributed by atoms with Crippen molar-refractivity contribution in [2.45, 2.75) is 18.4 Å². The maximum Gasteiger partial charge on any atom is 0.254 e. The summed E-state index contributed by atoms with van der Waals surface area (Å²) >= 11 is 4.98. The SMILES string of the molecule is Cc1ccc(S(=O)(=O)N2CCOCC2)cc1C(=O)N(C)Cc1cc(Br)cs1. The lowest BCUT2D eigenvalue weighted by molar-refractivity contribution is 0.0730. The van der Waals surface area contributed by atoms with Gasteiger partial charge in [-0.3, -0.25) is 4.79 Å². The summed E-state index contributed by atoms with van der Waals surface area (Å²) in [4.78, 5) is 15.7. The number of aryl methyl sites for hydroxylation is 1. The fourth-order valence-corrected chi connectivity index (χ4v) is 5.81. The Morgan fingerprint density at radius 2 is 2.00 bits per heavy atom. The fourth-order valence-electron chi connectivity index (χ4n) is 2.88. The van der Waals surface area contributed by atoms with Crippen LogP contribution < -0.4 is 0 Å². The first-order valence-corrected chi connectivity index (χ1v) is 11.6. The molecule has 2 aromatic rings. The zero-order valence-electron chi connectivity index (χ0n) is 15.1. The maximum absolute atomic E-state index is 12.9. The molecule has 1 saturated heterocycles. The van der Waals surface area contributed by atoms with Crippen LogP contribution in [-0.4, -0.2) is 56.9 Å². The number of benzene rings is 1. The molecule has 1 fully saturated rings. The van der Waals surface area contributed by atoms with Gasteiger partial charge in [-0.25, -0.2) is 8.42 Å². The van der Waals surface area contributed by atoms with Crippen LogP contribution in [0.25, 0.3) is 0 Å². The molecule has 0 spiro atoms. The van der Waals surface area contributed by atoms with E-state index in [4.69, 9.17) is 4.74 Å². The smallest absolute Gasteiger partial charge is 0.254 e. The molecule has 1 aromatic carbocycles. The Balaban J connectivity index is 1.85. The van der Waals surface area contributed by atoms with Gasteiger partial charge in [0.05, 0.1) is 24.7 Å². The van der Waals surface area contributed by atoms with Gasteiger partial charge in [-0.05, 0) is 46.6 Å². The Kier molecular flexibility index (Phi) is 6.37.